The molecule has 4 aromatic rings. The van der Waals surface area contributed by atoms with Crippen molar-refractivity contribution in [1.29, 1.82) is 0 Å². The maximum atomic E-state index is 14.7. The van der Waals surface area contributed by atoms with Crippen LogP contribution < -0.4 is 19.1 Å². The van der Waals surface area contributed by atoms with Gasteiger partial charge in [-0.05, 0) is 73.9 Å². The Hall–Kier alpha value is -5.43. The number of hydrogen-bond acceptors (Lipinski definition) is 8. The Bertz CT molecular complexity index is 1900. The molecular formula is C37H42N4O8S. The van der Waals surface area contributed by atoms with E-state index in [1.54, 1.807) is 36.4 Å². The normalized spacial score (nSPS) is 12.3. The molecule has 0 radical (unpaired) electrons. The summed E-state index contributed by atoms with van der Waals surface area (Å²) in [6.07, 6.45) is 0.804. The molecule has 0 bridgehead atoms. The van der Waals surface area contributed by atoms with Gasteiger partial charge < -0.3 is 19.7 Å². The van der Waals surface area contributed by atoms with Gasteiger partial charge in [0.05, 0.1) is 29.7 Å². The molecule has 0 aliphatic carbocycles. The smallest absolute Gasteiger partial charge is 0.273 e. The number of aryl methyl sites for hydroxylation is 1. The summed E-state index contributed by atoms with van der Waals surface area (Å²) < 4.78 is 40.3. The average molecular weight is 703 g/mol. The molecule has 0 fully saturated rings. The Morgan fingerprint density at radius 3 is 2.16 bits per heavy atom. The lowest BCUT2D eigenvalue weighted by molar-refractivity contribution is -0.385. The van der Waals surface area contributed by atoms with Crippen LogP contribution in [0, 0.1) is 17.0 Å². The second-order valence-corrected chi connectivity index (χ2v) is 13.7. The van der Waals surface area contributed by atoms with E-state index in [0.717, 1.165) is 15.9 Å². The maximum absolute atomic E-state index is 14.7. The number of amides is 2. The van der Waals surface area contributed by atoms with E-state index in [0.29, 0.717) is 23.5 Å². The number of ether oxygens (including phenoxy) is 2. The molecular weight excluding hydrogens is 660 g/mol. The number of carbonyl (C=O) groups is 2. The fourth-order valence-electron chi connectivity index (χ4n) is 5.31. The second kappa shape index (κ2) is 16.8. The Morgan fingerprint density at radius 2 is 1.54 bits per heavy atom. The zero-order valence-corrected chi connectivity index (χ0v) is 29.6. The van der Waals surface area contributed by atoms with Gasteiger partial charge in [-0.25, -0.2) is 8.42 Å². The quantitative estimate of drug-likeness (QED) is 0.116. The van der Waals surface area contributed by atoms with Crippen LogP contribution in [0.4, 0.5) is 11.4 Å². The Labute approximate surface area is 292 Å². The molecule has 1 N–H and O–H groups in total. The van der Waals surface area contributed by atoms with Crippen LogP contribution in [0.25, 0.3) is 0 Å². The minimum absolute atomic E-state index is 0.0477. The summed E-state index contributed by atoms with van der Waals surface area (Å²) in [6.45, 7) is 4.54. The number of benzene rings is 4. The number of nitrogens with zero attached hydrogens (tertiary/aromatic N) is 3. The Balaban J connectivity index is 1.86. The predicted octanol–water partition coefficient (Wildman–Crippen LogP) is 5.67. The van der Waals surface area contributed by atoms with Crippen LogP contribution >= 0.6 is 0 Å². The van der Waals surface area contributed by atoms with Gasteiger partial charge in [-0.3, -0.25) is 24.0 Å². The predicted molar refractivity (Wildman–Crippen MR) is 191 cm³/mol. The zero-order valence-electron chi connectivity index (χ0n) is 28.7. The van der Waals surface area contributed by atoms with Crippen LogP contribution in [0.2, 0.25) is 0 Å². The first-order valence-electron chi connectivity index (χ1n) is 16.1. The van der Waals surface area contributed by atoms with E-state index >= 15 is 0 Å². The van der Waals surface area contributed by atoms with E-state index in [4.69, 9.17) is 9.47 Å². The van der Waals surface area contributed by atoms with Gasteiger partial charge >= 0.3 is 0 Å². The largest absolute Gasteiger partial charge is 0.497 e. The fourth-order valence-corrected chi connectivity index (χ4v) is 6.75. The number of hydrogen-bond donors (Lipinski definition) is 1. The molecule has 264 valence electrons. The molecule has 2 unspecified atom stereocenters. The van der Waals surface area contributed by atoms with Crippen molar-refractivity contribution in [2.75, 3.05) is 25.1 Å². The third kappa shape index (κ3) is 9.17. The molecule has 0 heterocycles. The van der Waals surface area contributed by atoms with Crippen molar-refractivity contribution in [3.8, 4) is 11.5 Å². The molecule has 13 heteroatoms. The highest BCUT2D eigenvalue weighted by molar-refractivity contribution is 7.92. The SMILES string of the molecule is CCC(C)NC(=O)C(Cc1ccccc1)N(Cc1cccc(OC)c1)C(=O)CN(c1ccc(OC)cc1)S(=O)(=O)c1ccc(C)c([N+](=O)[O-])c1. The van der Waals surface area contributed by atoms with Crippen molar-refractivity contribution in [1.82, 2.24) is 10.2 Å². The first-order valence-corrected chi connectivity index (χ1v) is 17.5. The van der Waals surface area contributed by atoms with Gasteiger partial charge in [0.2, 0.25) is 11.8 Å². The first kappa shape index (κ1) is 37.4. The molecule has 0 spiro atoms. The highest BCUT2D eigenvalue weighted by Crippen LogP contribution is 2.30. The van der Waals surface area contributed by atoms with E-state index in [9.17, 15) is 28.1 Å². The lowest BCUT2D eigenvalue weighted by Gasteiger charge is -2.34. The minimum atomic E-state index is -4.57. The lowest BCUT2D eigenvalue weighted by atomic mass is 10.0. The van der Waals surface area contributed by atoms with Gasteiger partial charge in [0, 0.05) is 30.6 Å². The average Bonchev–Trinajstić information content (AvgIpc) is 3.12. The summed E-state index contributed by atoms with van der Waals surface area (Å²) in [5, 5.41) is 14.8. The summed E-state index contributed by atoms with van der Waals surface area (Å²) in [4.78, 5) is 40.8. The number of sulfonamides is 1. The number of methoxy groups -OCH3 is 2. The first-order chi connectivity index (χ1) is 23.9. The van der Waals surface area contributed by atoms with Gasteiger partial charge in [0.15, 0.2) is 0 Å². The third-order valence-electron chi connectivity index (χ3n) is 8.36. The van der Waals surface area contributed by atoms with E-state index in [1.165, 1.54) is 50.3 Å². The van der Waals surface area contributed by atoms with Crippen LogP contribution in [0.15, 0.2) is 102 Å². The summed E-state index contributed by atoms with van der Waals surface area (Å²) in [7, 11) is -1.58. The minimum Gasteiger partial charge on any atom is -0.497 e. The monoisotopic (exact) mass is 702 g/mol. The highest BCUT2D eigenvalue weighted by atomic mass is 32.2. The number of nitro benzene ring substituents is 1. The summed E-state index contributed by atoms with van der Waals surface area (Å²) in [5.74, 6) is -0.0730. The van der Waals surface area contributed by atoms with Crippen molar-refractivity contribution in [3.63, 3.8) is 0 Å². The molecule has 12 nitrogen and oxygen atoms in total. The summed E-state index contributed by atoms with van der Waals surface area (Å²) in [5.41, 5.74) is 1.47. The fraction of sp³-hybridized carbons (Fsp3) is 0.297. The highest BCUT2D eigenvalue weighted by Gasteiger charge is 2.35. The van der Waals surface area contributed by atoms with Gasteiger partial charge in [-0.2, -0.15) is 0 Å². The Kier molecular flexibility index (Phi) is 12.6. The Morgan fingerprint density at radius 1 is 0.880 bits per heavy atom. The number of nitro groups is 1. The van der Waals surface area contributed by atoms with Crippen LogP contribution in [0.5, 0.6) is 11.5 Å². The van der Waals surface area contributed by atoms with Crippen molar-refractivity contribution in [2.24, 2.45) is 0 Å². The molecule has 50 heavy (non-hydrogen) atoms. The molecule has 0 aliphatic heterocycles. The number of anilines is 1. The molecule has 2 amide bonds. The number of carbonyl (C=O) groups excluding carboxylic acids is 2. The van der Waals surface area contributed by atoms with Crippen LogP contribution in [0.1, 0.15) is 37.0 Å². The van der Waals surface area contributed by atoms with E-state index < -0.39 is 39.3 Å². The van der Waals surface area contributed by atoms with Crippen molar-refractivity contribution in [3.05, 3.63) is 124 Å². The summed E-state index contributed by atoms with van der Waals surface area (Å²) >= 11 is 0. The van der Waals surface area contributed by atoms with Crippen LogP contribution in [-0.4, -0.2) is 62.9 Å². The van der Waals surface area contributed by atoms with Gasteiger partial charge in [0.1, 0.15) is 24.1 Å². The molecule has 2 atom stereocenters. The maximum Gasteiger partial charge on any atom is 0.273 e. The topological polar surface area (TPSA) is 148 Å². The molecule has 0 aromatic heterocycles. The van der Waals surface area contributed by atoms with Crippen molar-refractivity contribution < 1.29 is 32.4 Å². The molecule has 0 aliphatic rings. The molecule has 0 saturated carbocycles. The molecule has 4 aromatic carbocycles. The second-order valence-electron chi connectivity index (χ2n) is 11.8. The summed E-state index contributed by atoms with van der Waals surface area (Å²) in [6, 6.07) is 24.7. The van der Waals surface area contributed by atoms with Crippen LogP contribution in [-0.2, 0) is 32.6 Å². The molecule has 0 saturated heterocycles. The zero-order chi connectivity index (χ0) is 36.4. The van der Waals surface area contributed by atoms with E-state index in [-0.39, 0.29) is 40.8 Å². The standard InChI is InChI=1S/C37H42N4O8S/c1-6-27(3)38-37(43)35(22-28-11-8-7-9-12-28)39(24-29-13-10-14-32(21-29)49-5)36(42)25-40(30-16-18-31(48-4)19-17-30)50(46,47)33-20-15-26(2)34(23-33)41(44)45/h7-21,23,27,35H,6,22,24-25H2,1-5H3,(H,38,43). The van der Waals surface area contributed by atoms with Crippen molar-refractivity contribution >= 4 is 33.2 Å². The van der Waals surface area contributed by atoms with E-state index in [1.807, 2.05) is 44.2 Å². The number of rotatable bonds is 16. The van der Waals surface area contributed by atoms with Gasteiger partial charge in [-0.15, -0.1) is 0 Å². The number of nitrogens with one attached hydrogen (secondary N) is 1. The van der Waals surface area contributed by atoms with Crippen LogP contribution in [0.3, 0.4) is 0 Å². The van der Waals surface area contributed by atoms with Gasteiger partial charge in [-0.1, -0.05) is 55.5 Å². The van der Waals surface area contributed by atoms with Gasteiger partial charge in [0.25, 0.3) is 15.7 Å². The lowest BCUT2D eigenvalue weighted by Crippen LogP contribution is -2.54. The van der Waals surface area contributed by atoms with Crippen molar-refractivity contribution in [2.45, 2.75) is 57.1 Å². The molecule has 4 rings (SSSR count). The van der Waals surface area contributed by atoms with E-state index in [2.05, 4.69) is 5.32 Å². The third-order valence-corrected chi connectivity index (χ3v) is 10.1.